The molecule has 0 unspecified atom stereocenters. The van der Waals surface area contributed by atoms with Crippen molar-refractivity contribution in [3.8, 4) is 0 Å². The number of hydrogen-bond acceptors (Lipinski definition) is 4. The maximum Gasteiger partial charge on any atom is 0.331 e. The molecule has 0 saturated heterocycles. The van der Waals surface area contributed by atoms with Gasteiger partial charge in [0.15, 0.2) is 6.61 Å². The van der Waals surface area contributed by atoms with E-state index in [2.05, 4.69) is 5.32 Å². The van der Waals surface area contributed by atoms with Crippen LogP contribution in [-0.2, 0) is 21.4 Å². The summed E-state index contributed by atoms with van der Waals surface area (Å²) >= 11 is 11.7. The van der Waals surface area contributed by atoms with Gasteiger partial charge in [0.05, 0.1) is 0 Å². The highest BCUT2D eigenvalue weighted by molar-refractivity contribution is 6.35. The Hall–Kier alpha value is -2.57. The molecule has 1 heterocycles. The van der Waals surface area contributed by atoms with Crippen LogP contribution in [0.4, 0.5) is 0 Å². The van der Waals surface area contributed by atoms with Crippen molar-refractivity contribution in [1.82, 2.24) is 9.88 Å². The Kier molecular flexibility index (Phi) is 6.38. The number of ether oxygens (including phenoxy) is 1. The lowest BCUT2D eigenvalue weighted by Gasteiger charge is -2.05. The van der Waals surface area contributed by atoms with Crippen LogP contribution in [0.2, 0.25) is 10.0 Å². The second-order valence-electron chi connectivity index (χ2n) is 4.99. The van der Waals surface area contributed by atoms with E-state index in [9.17, 15) is 14.4 Å². The zero-order valence-electron chi connectivity index (χ0n) is 13.2. The molecule has 8 heteroatoms. The smallest absolute Gasteiger partial charge is 0.331 e. The number of nitrogens with one attached hydrogen (secondary N) is 1. The molecule has 0 spiro atoms. The molecule has 1 aromatic heterocycles. The molecule has 0 atom stereocenters. The van der Waals surface area contributed by atoms with Gasteiger partial charge in [0, 0.05) is 29.4 Å². The van der Waals surface area contributed by atoms with E-state index in [4.69, 9.17) is 27.9 Å². The minimum absolute atomic E-state index is 0.317. The van der Waals surface area contributed by atoms with Crippen molar-refractivity contribution < 1.29 is 19.1 Å². The van der Waals surface area contributed by atoms with Gasteiger partial charge in [0.1, 0.15) is 5.69 Å². The van der Waals surface area contributed by atoms with E-state index in [1.807, 2.05) is 0 Å². The highest BCUT2D eigenvalue weighted by atomic mass is 35.5. The standard InChI is InChI=1S/C17H14Cl2N2O4/c1-21-8-2-3-14(21)17(24)20-15(22)10-25-16(23)7-5-11-4-6-12(18)9-13(11)19/h2-9H,10H2,1H3,(H,20,22,24)/b7-5+. The van der Waals surface area contributed by atoms with Gasteiger partial charge in [0.2, 0.25) is 0 Å². The zero-order valence-corrected chi connectivity index (χ0v) is 14.7. The molecule has 130 valence electrons. The second kappa shape index (κ2) is 8.50. The summed E-state index contributed by atoms with van der Waals surface area (Å²) < 4.78 is 6.33. The molecular weight excluding hydrogens is 367 g/mol. The number of nitrogens with zero attached hydrogens (tertiary/aromatic N) is 1. The number of carbonyl (C=O) groups excluding carboxylic acids is 3. The van der Waals surface area contributed by atoms with Crippen LogP contribution in [0.15, 0.2) is 42.6 Å². The molecule has 1 aromatic carbocycles. The predicted molar refractivity (Wildman–Crippen MR) is 94.3 cm³/mol. The van der Waals surface area contributed by atoms with Crippen molar-refractivity contribution in [1.29, 1.82) is 0 Å². The lowest BCUT2D eigenvalue weighted by atomic mass is 10.2. The molecule has 0 saturated carbocycles. The molecule has 6 nitrogen and oxygen atoms in total. The van der Waals surface area contributed by atoms with Gasteiger partial charge in [-0.2, -0.15) is 0 Å². The molecular formula is C17H14Cl2N2O4. The number of amides is 2. The Morgan fingerprint density at radius 1 is 1.24 bits per heavy atom. The first-order valence-corrected chi connectivity index (χ1v) is 7.88. The van der Waals surface area contributed by atoms with Crippen LogP contribution in [0, 0.1) is 0 Å². The van der Waals surface area contributed by atoms with Crippen molar-refractivity contribution >= 4 is 47.1 Å². The quantitative estimate of drug-likeness (QED) is 0.638. The first-order valence-electron chi connectivity index (χ1n) is 7.12. The highest BCUT2D eigenvalue weighted by Gasteiger charge is 2.13. The van der Waals surface area contributed by atoms with Gasteiger partial charge in [0.25, 0.3) is 11.8 Å². The van der Waals surface area contributed by atoms with Crippen molar-refractivity contribution in [2.24, 2.45) is 7.05 Å². The van der Waals surface area contributed by atoms with Gasteiger partial charge in [-0.15, -0.1) is 0 Å². The van der Waals surface area contributed by atoms with Crippen molar-refractivity contribution in [2.75, 3.05) is 6.61 Å². The van der Waals surface area contributed by atoms with E-state index in [1.165, 1.54) is 12.1 Å². The number of halogens is 2. The molecule has 0 aliphatic rings. The van der Waals surface area contributed by atoms with E-state index in [0.29, 0.717) is 21.3 Å². The minimum Gasteiger partial charge on any atom is -0.452 e. The van der Waals surface area contributed by atoms with E-state index in [1.54, 1.807) is 42.1 Å². The van der Waals surface area contributed by atoms with Gasteiger partial charge in [-0.3, -0.25) is 14.9 Å². The molecule has 2 rings (SSSR count). The summed E-state index contributed by atoms with van der Waals surface area (Å²) in [5, 5.41) is 2.99. The van der Waals surface area contributed by atoms with E-state index in [0.717, 1.165) is 6.08 Å². The highest BCUT2D eigenvalue weighted by Crippen LogP contribution is 2.21. The third kappa shape index (κ3) is 5.48. The van der Waals surface area contributed by atoms with Crippen LogP contribution < -0.4 is 5.32 Å². The van der Waals surface area contributed by atoms with E-state index < -0.39 is 24.4 Å². The average Bonchev–Trinajstić information content (AvgIpc) is 2.98. The van der Waals surface area contributed by atoms with Crippen molar-refractivity contribution in [3.05, 3.63) is 63.9 Å². The Labute approximate surface area is 154 Å². The van der Waals surface area contributed by atoms with Crippen LogP contribution in [0.5, 0.6) is 0 Å². The monoisotopic (exact) mass is 380 g/mol. The number of imide groups is 1. The summed E-state index contributed by atoms with van der Waals surface area (Å²) in [5.74, 6) is -2.04. The van der Waals surface area contributed by atoms with Crippen LogP contribution in [0.25, 0.3) is 6.08 Å². The predicted octanol–water partition coefficient (Wildman–Crippen LogP) is 2.84. The Morgan fingerprint density at radius 3 is 2.64 bits per heavy atom. The fourth-order valence-corrected chi connectivity index (χ4v) is 2.37. The maximum absolute atomic E-state index is 11.8. The SMILES string of the molecule is Cn1cccc1C(=O)NC(=O)COC(=O)/C=C/c1ccc(Cl)cc1Cl. The van der Waals surface area contributed by atoms with Gasteiger partial charge in [-0.05, 0) is 35.9 Å². The van der Waals surface area contributed by atoms with E-state index in [-0.39, 0.29) is 0 Å². The van der Waals surface area contributed by atoms with Gasteiger partial charge in [-0.25, -0.2) is 4.79 Å². The third-order valence-corrected chi connectivity index (χ3v) is 3.70. The van der Waals surface area contributed by atoms with Crippen LogP contribution in [0.1, 0.15) is 16.1 Å². The first kappa shape index (κ1) is 18.8. The lowest BCUT2D eigenvalue weighted by molar-refractivity contribution is -0.143. The Bertz CT molecular complexity index is 843. The summed E-state index contributed by atoms with van der Waals surface area (Å²) in [7, 11) is 1.67. The fraction of sp³-hybridized carbons (Fsp3) is 0.118. The largest absolute Gasteiger partial charge is 0.452 e. The van der Waals surface area contributed by atoms with Gasteiger partial charge in [-0.1, -0.05) is 29.3 Å². The van der Waals surface area contributed by atoms with Crippen LogP contribution in [0.3, 0.4) is 0 Å². The molecule has 1 N–H and O–H groups in total. The lowest BCUT2D eigenvalue weighted by Crippen LogP contribution is -2.34. The molecule has 0 aliphatic heterocycles. The number of aromatic nitrogens is 1. The maximum atomic E-state index is 11.8. The van der Waals surface area contributed by atoms with Crippen molar-refractivity contribution in [3.63, 3.8) is 0 Å². The molecule has 0 fully saturated rings. The van der Waals surface area contributed by atoms with Crippen LogP contribution in [-0.4, -0.2) is 29.0 Å². The summed E-state index contributed by atoms with van der Waals surface area (Å²) in [5.41, 5.74) is 0.892. The van der Waals surface area contributed by atoms with Gasteiger partial charge >= 0.3 is 5.97 Å². The molecule has 0 radical (unpaired) electrons. The number of aryl methyl sites for hydroxylation is 1. The summed E-state index contributed by atoms with van der Waals surface area (Å²) in [6.45, 7) is -0.576. The average molecular weight is 381 g/mol. The summed E-state index contributed by atoms with van der Waals surface area (Å²) in [6, 6.07) is 8.04. The van der Waals surface area contributed by atoms with Crippen LogP contribution >= 0.6 is 23.2 Å². The molecule has 25 heavy (non-hydrogen) atoms. The molecule has 0 aliphatic carbocycles. The Balaban J connectivity index is 1.83. The van der Waals surface area contributed by atoms with Crippen molar-refractivity contribution in [2.45, 2.75) is 0 Å². The number of rotatable bonds is 5. The molecule has 0 bridgehead atoms. The van der Waals surface area contributed by atoms with E-state index >= 15 is 0 Å². The number of hydrogen-bond donors (Lipinski definition) is 1. The minimum atomic E-state index is -0.743. The second-order valence-corrected chi connectivity index (χ2v) is 5.83. The number of carbonyl (C=O) groups is 3. The normalized spacial score (nSPS) is 10.7. The third-order valence-electron chi connectivity index (χ3n) is 3.14. The zero-order chi connectivity index (χ0) is 18.4. The molecule has 2 amide bonds. The fourth-order valence-electron chi connectivity index (χ4n) is 1.90. The topological polar surface area (TPSA) is 77.4 Å². The number of benzene rings is 1. The Morgan fingerprint density at radius 2 is 2.00 bits per heavy atom. The number of esters is 1. The summed E-state index contributed by atoms with van der Waals surface area (Å²) in [4.78, 5) is 35.1. The summed E-state index contributed by atoms with van der Waals surface area (Å²) in [6.07, 6.45) is 4.24. The molecule has 2 aromatic rings. The van der Waals surface area contributed by atoms with Gasteiger partial charge < -0.3 is 9.30 Å². The first-order chi connectivity index (χ1) is 11.9.